The molecule has 0 aliphatic heterocycles. The second-order valence-electron chi connectivity index (χ2n) is 7.16. The average molecular weight is 405 g/mol. The summed E-state index contributed by atoms with van der Waals surface area (Å²) in [6.45, 7) is 6.23. The number of aryl methyl sites for hydroxylation is 1. The van der Waals surface area contributed by atoms with Gasteiger partial charge in [0, 0.05) is 6.54 Å². The molecule has 0 radical (unpaired) electrons. The molecular weight excluding hydrogens is 376 g/mol. The van der Waals surface area contributed by atoms with Crippen LogP contribution in [0.1, 0.15) is 25.0 Å². The minimum Gasteiger partial charge on any atom is -0.495 e. The van der Waals surface area contributed by atoms with Gasteiger partial charge in [-0.1, -0.05) is 50.2 Å². The molecule has 0 aromatic heterocycles. The molecule has 0 bridgehead atoms. The van der Waals surface area contributed by atoms with Gasteiger partial charge in [-0.05, 0) is 42.5 Å². The summed E-state index contributed by atoms with van der Waals surface area (Å²) in [6, 6.07) is 13.3. The first-order chi connectivity index (χ1) is 13.2. The predicted octanol–water partition coefficient (Wildman–Crippen LogP) is 2.67. The number of benzene rings is 2. The number of carbonyl (C=O) groups is 1. The second-order valence-corrected chi connectivity index (χ2v) is 8.84. The van der Waals surface area contributed by atoms with E-state index in [-0.39, 0.29) is 28.9 Å². The zero-order chi connectivity index (χ0) is 20.7. The van der Waals surface area contributed by atoms with E-state index < -0.39 is 16.1 Å². The van der Waals surface area contributed by atoms with Crippen LogP contribution in [0.25, 0.3) is 0 Å². The number of carbonyl (C=O) groups excluding carboxylic acids is 1. The van der Waals surface area contributed by atoms with Gasteiger partial charge in [-0.2, -0.15) is 4.72 Å². The van der Waals surface area contributed by atoms with Crippen LogP contribution in [0.4, 0.5) is 0 Å². The number of ether oxygens (including phenoxy) is 1. The highest BCUT2D eigenvalue weighted by Crippen LogP contribution is 2.25. The van der Waals surface area contributed by atoms with Crippen LogP contribution in [0, 0.1) is 12.8 Å². The number of methoxy groups -OCH3 is 1. The van der Waals surface area contributed by atoms with Crippen LogP contribution in [-0.4, -0.2) is 34.0 Å². The fraction of sp³-hybridized carbons (Fsp3) is 0.381. The molecule has 1 unspecified atom stereocenters. The number of nitrogens with one attached hydrogen (secondary N) is 2. The maximum absolute atomic E-state index is 13.0. The van der Waals surface area contributed by atoms with E-state index in [9.17, 15) is 13.2 Å². The van der Waals surface area contributed by atoms with Crippen molar-refractivity contribution in [3.8, 4) is 5.75 Å². The Hall–Kier alpha value is -2.38. The summed E-state index contributed by atoms with van der Waals surface area (Å²) in [4.78, 5) is 12.7. The standard InChI is InChI=1S/C21H28N2O4S/c1-15(2)14-22-21(24)18(13-17-8-6-5-7-9-17)23-28(25,26)20-12-16(3)10-11-19(20)27-4/h5-12,15,18,23H,13-14H2,1-4H3,(H,22,24). The van der Waals surface area contributed by atoms with Crippen LogP contribution >= 0.6 is 0 Å². The molecule has 2 N–H and O–H groups in total. The molecule has 0 heterocycles. The lowest BCUT2D eigenvalue weighted by Crippen LogP contribution is -2.48. The summed E-state index contributed by atoms with van der Waals surface area (Å²) in [5.41, 5.74) is 1.65. The fourth-order valence-corrected chi connectivity index (χ4v) is 4.16. The molecule has 0 aliphatic carbocycles. The molecule has 0 spiro atoms. The molecule has 6 nitrogen and oxygen atoms in total. The van der Waals surface area contributed by atoms with Crippen molar-refractivity contribution in [3.63, 3.8) is 0 Å². The van der Waals surface area contributed by atoms with Gasteiger partial charge in [0.05, 0.1) is 7.11 Å². The van der Waals surface area contributed by atoms with E-state index >= 15 is 0 Å². The maximum Gasteiger partial charge on any atom is 0.244 e. The minimum atomic E-state index is -3.96. The number of amides is 1. The van der Waals surface area contributed by atoms with Crippen LogP contribution in [0.3, 0.4) is 0 Å². The summed E-state index contributed by atoms with van der Waals surface area (Å²) in [7, 11) is -2.55. The molecule has 0 saturated carbocycles. The van der Waals surface area contributed by atoms with Gasteiger partial charge in [-0.3, -0.25) is 4.79 Å². The van der Waals surface area contributed by atoms with Gasteiger partial charge in [0.1, 0.15) is 16.7 Å². The first-order valence-electron chi connectivity index (χ1n) is 9.21. The Bertz CT molecular complexity index is 896. The van der Waals surface area contributed by atoms with E-state index in [0.717, 1.165) is 11.1 Å². The molecule has 2 aromatic carbocycles. The first-order valence-corrected chi connectivity index (χ1v) is 10.7. The normalized spacial score (nSPS) is 12.6. The van der Waals surface area contributed by atoms with E-state index in [0.29, 0.717) is 6.54 Å². The molecule has 1 amide bonds. The lowest BCUT2D eigenvalue weighted by atomic mass is 10.1. The van der Waals surface area contributed by atoms with Gasteiger partial charge < -0.3 is 10.1 Å². The van der Waals surface area contributed by atoms with E-state index in [1.54, 1.807) is 19.1 Å². The lowest BCUT2D eigenvalue weighted by Gasteiger charge is -2.20. The van der Waals surface area contributed by atoms with Crippen molar-refractivity contribution >= 4 is 15.9 Å². The van der Waals surface area contributed by atoms with Crippen LogP contribution in [0.2, 0.25) is 0 Å². The van der Waals surface area contributed by atoms with E-state index in [2.05, 4.69) is 10.0 Å². The Morgan fingerprint density at radius 1 is 1.11 bits per heavy atom. The van der Waals surface area contributed by atoms with Crippen LogP contribution in [-0.2, 0) is 21.2 Å². The van der Waals surface area contributed by atoms with Crippen molar-refractivity contribution in [1.82, 2.24) is 10.0 Å². The quantitative estimate of drug-likeness (QED) is 0.673. The van der Waals surface area contributed by atoms with Gasteiger partial charge >= 0.3 is 0 Å². The lowest BCUT2D eigenvalue weighted by molar-refractivity contribution is -0.122. The maximum atomic E-state index is 13.0. The van der Waals surface area contributed by atoms with Crippen LogP contribution in [0.15, 0.2) is 53.4 Å². The van der Waals surface area contributed by atoms with Crippen LogP contribution < -0.4 is 14.8 Å². The molecule has 0 saturated heterocycles. The third-order valence-electron chi connectivity index (χ3n) is 4.19. The summed E-state index contributed by atoms with van der Waals surface area (Å²) in [5, 5.41) is 2.82. The molecule has 2 rings (SSSR count). The Labute approximate surface area is 167 Å². The Kier molecular flexibility index (Phi) is 7.60. The molecule has 28 heavy (non-hydrogen) atoms. The second kappa shape index (κ2) is 9.71. The monoisotopic (exact) mass is 404 g/mol. The molecule has 0 fully saturated rings. The molecule has 2 aromatic rings. The minimum absolute atomic E-state index is 0.0183. The van der Waals surface area contributed by atoms with Crippen molar-refractivity contribution < 1.29 is 17.9 Å². The third kappa shape index (κ3) is 6.07. The molecular formula is C21H28N2O4S. The average Bonchev–Trinajstić information content (AvgIpc) is 2.66. The largest absolute Gasteiger partial charge is 0.495 e. The van der Waals surface area contributed by atoms with Gasteiger partial charge in [-0.15, -0.1) is 0 Å². The summed E-state index contributed by atoms with van der Waals surface area (Å²) >= 11 is 0. The highest BCUT2D eigenvalue weighted by atomic mass is 32.2. The highest BCUT2D eigenvalue weighted by Gasteiger charge is 2.28. The smallest absolute Gasteiger partial charge is 0.244 e. The van der Waals surface area contributed by atoms with Gasteiger partial charge in [0.15, 0.2) is 0 Å². The van der Waals surface area contributed by atoms with Crippen molar-refractivity contribution in [2.75, 3.05) is 13.7 Å². The zero-order valence-corrected chi connectivity index (χ0v) is 17.5. The third-order valence-corrected chi connectivity index (χ3v) is 5.68. The van der Waals surface area contributed by atoms with E-state index in [1.807, 2.05) is 44.2 Å². The Morgan fingerprint density at radius 3 is 2.39 bits per heavy atom. The SMILES string of the molecule is COc1ccc(C)cc1S(=O)(=O)NC(Cc1ccccc1)C(=O)NCC(C)C. The molecule has 0 aliphatic rings. The molecule has 1 atom stereocenters. The first kappa shape index (κ1) is 21.9. The van der Waals surface area contributed by atoms with E-state index in [4.69, 9.17) is 4.74 Å². The highest BCUT2D eigenvalue weighted by molar-refractivity contribution is 7.89. The van der Waals surface area contributed by atoms with Gasteiger partial charge in [-0.25, -0.2) is 8.42 Å². The summed E-state index contributed by atoms with van der Waals surface area (Å²) in [5.74, 6) is 0.140. The Balaban J connectivity index is 2.32. The summed E-state index contributed by atoms with van der Waals surface area (Å²) in [6.07, 6.45) is 0.248. The van der Waals surface area contributed by atoms with Crippen molar-refractivity contribution in [1.29, 1.82) is 0 Å². The number of hydrogen-bond donors (Lipinski definition) is 2. The van der Waals surface area contributed by atoms with Crippen molar-refractivity contribution in [2.45, 2.75) is 38.1 Å². The van der Waals surface area contributed by atoms with Crippen LogP contribution in [0.5, 0.6) is 5.75 Å². The predicted molar refractivity (Wildman–Crippen MR) is 110 cm³/mol. The molecule has 152 valence electrons. The van der Waals surface area contributed by atoms with Crippen molar-refractivity contribution in [3.05, 3.63) is 59.7 Å². The zero-order valence-electron chi connectivity index (χ0n) is 16.7. The number of hydrogen-bond acceptors (Lipinski definition) is 4. The summed E-state index contributed by atoms with van der Waals surface area (Å²) < 4.78 is 33.8. The van der Waals surface area contributed by atoms with E-state index in [1.165, 1.54) is 13.2 Å². The topological polar surface area (TPSA) is 84.5 Å². The van der Waals surface area contributed by atoms with Gasteiger partial charge in [0.2, 0.25) is 15.9 Å². The number of rotatable bonds is 9. The van der Waals surface area contributed by atoms with Crippen molar-refractivity contribution in [2.24, 2.45) is 5.92 Å². The molecule has 7 heteroatoms. The van der Waals surface area contributed by atoms with Gasteiger partial charge in [0.25, 0.3) is 0 Å². The Morgan fingerprint density at radius 2 is 1.79 bits per heavy atom. The fourth-order valence-electron chi connectivity index (χ4n) is 2.71. The number of sulfonamides is 1.